The lowest BCUT2D eigenvalue weighted by molar-refractivity contribution is 0.147. The normalized spacial score (nSPS) is 11.7. The molecule has 0 heterocycles. The molecular formula is C15H30O. The Hall–Kier alpha value is -0.300. The smallest absolute Gasteiger partial charge is 0.0482 e. The molecule has 0 bridgehead atoms. The van der Waals surface area contributed by atoms with Gasteiger partial charge in [-0.05, 0) is 24.7 Å². The van der Waals surface area contributed by atoms with Crippen LogP contribution in [0.15, 0.2) is 12.7 Å². The predicted octanol–water partition coefficient (Wildman–Crippen LogP) is 4.70. The zero-order valence-electron chi connectivity index (χ0n) is 11.3. The quantitative estimate of drug-likeness (QED) is 0.400. The van der Waals surface area contributed by atoms with Crippen LogP contribution in [0.5, 0.6) is 0 Å². The molecule has 0 rings (SSSR count). The van der Waals surface area contributed by atoms with Gasteiger partial charge in [-0.3, -0.25) is 0 Å². The second-order valence-electron chi connectivity index (χ2n) is 5.62. The van der Waals surface area contributed by atoms with Crippen molar-refractivity contribution >= 4 is 0 Å². The number of allylic oxidation sites excluding steroid dienone is 1. The molecule has 0 spiro atoms. The Kier molecular flexibility index (Phi) is 9.71. The summed E-state index contributed by atoms with van der Waals surface area (Å²) in [5.41, 5.74) is 0.129. The second-order valence-corrected chi connectivity index (χ2v) is 5.62. The molecule has 0 aliphatic rings. The summed E-state index contributed by atoms with van der Waals surface area (Å²) in [6, 6.07) is 0. The molecule has 0 aromatic carbocycles. The van der Waals surface area contributed by atoms with Gasteiger partial charge < -0.3 is 5.11 Å². The van der Waals surface area contributed by atoms with Crippen molar-refractivity contribution in [2.24, 2.45) is 5.41 Å². The van der Waals surface area contributed by atoms with Gasteiger partial charge in [0, 0.05) is 6.61 Å². The van der Waals surface area contributed by atoms with Gasteiger partial charge in [0.2, 0.25) is 0 Å². The van der Waals surface area contributed by atoms with E-state index < -0.39 is 0 Å². The van der Waals surface area contributed by atoms with Crippen molar-refractivity contribution in [3.8, 4) is 0 Å². The van der Waals surface area contributed by atoms with Gasteiger partial charge in [0.1, 0.15) is 0 Å². The third kappa shape index (κ3) is 10.2. The third-order valence-electron chi connectivity index (χ3n) is 3.19. The first-order valence-electron chi connectivity index (χ1n) is 6.84. The van der Waals surface area contributed by atoms with Crippen LogP contribution in [0, 0.1) is 5.41 Å². The standard InChI is InChI=1S/C15H30O/c1-4-5-6-7-8-9-10-11-12-13-15(2,3)14-16/h4,16H,1,5-14H2,2-3H3. The van der Waals surface area contributed by atoms with Crippen LogP contribution in [-0.4, -0.2) is 11.7 Å². The van der Waals surface area contributed by atoms with Crippen molar-refractivity contribution in [2.45, 2.75) is 71.6 Å². The second kappa shape index (κ2) is 9.89. The number of rotatable bonds is 11. The lowest BCUT2D eigenvalue weighted by Crippen LogP contribution is -2.16. The van der Waals surface area contributed by atoms with E-state index in [0.29, 0.717) is 6.61 Å². The van der Waals surface area contributed by atoms with Crippen molar-refractivity contribution in [3.05, 3.63) is 12.7 Å². The van der Waals surface area contributed by atoms with Crippen LogP contribution in [-0.2, 0) is 0 Å². The van der Waals surface area contributed by atoms with Gasteiger partial charge in [0.15, 0.2) is 0 Å². The number of hydrogen-bond donors (Lipinski definition) is 1. The predicted molar refractivity (Wildman–Crippen MR) is 72.6 cm³/mol. The summed E-state index contributed by atoms with van der Waals surface area (Å²) in [7, 11) is 0. The van der Waals surface area contributed by atoms with E-state index in [1.807, 2.05) is 6.08 Å². The molecule has 1 nitrogen and oxygen atoms in total. The van der Waals surface area contributed by atoms with E-state index in [-0.39, 0.29) is 5.41 Å². The van der Waals surface area contributed by atoms with Crippen molar-refractivity contribution in [2.75, 3.05) is 6.61 Å². The Morgan fingerprint density at radius 2 is 1.44 bits per heavy atom. The van der Waals surface area contributed by atoms with Crippen LogP contribution < -0.4 is 0 Å². The summed E-state index contributed by atoms with van der Waals surface area (Å²) in [6.07, 6.45) is 13.7. The maximum absolute atomic E-state index is 9.11. The average Bonchev–Trinajstić information content (AvgIpc) is 2.27. The minimum atomic E-state index is 0.129. The lowest BCUT2D eigenvalue weighted by Gasteiger charge is -2.20. The summed E-state index contributed by atoms with van der Waals surface area (Å²) < 4.78 is 0. The maximum atomic E-state index is 9.11. The van der Waals surface area contributed by atoms with E-state index in [9.17, 15) is 0 Å². The molecule has 0 unspecified atom stereocenters. The third-order valence-corrected chi connectivity index (χ3v) is 3.19. The average molecular weight is 226 g/mol. The molecule has 0 aliphatic carbocycles. The summed E-state index contributed by atoms with van der Waals surface area (Å²) in [5, 5.41) is 9.11. The molecule has 0 aromatic rings. The number of aliphatic hydroxyl groups is 1. The van der Waals surface area contributed by atoms with Crippen LogP contribution in [0.2, 0.25) is 0 Å². The minimum Gasteiger partial charge on any atom is -0.396 e. The molecule has 16 heavy (non-hydrogen) atoms. The van der Waals surface area contributed by atoms with E-state index in [4.69, 9.17) is 5.11 Å². The molecule has 0 saturated carbocycles. The Balaban J connectivity index is 3.12. The Morgan fingerprint density at radius 3 is 1.94 bits per heavy atom. The van der Waals surface area contributed by atoms with Crippen molar-refractivity contribution in [1.29, 1.82) is 0 Å². The fraction of sp³-hybridized carbons (Fsp3) is 0.867. The zero-order valence-corrected chi connectivity index (χ0v) is 11.3. The largest absolute Gasteiger partial charge is 0.396 e. The Labute approximate surface area is 102 Å². The van der Waals surface area contributed by atoms with Gasteiger partial charge in [-0.15, -0.1) is 6.58 Å². The van der Waals surface area contributed by atoms with E-state index in [1.165, 1.54) is 51.4 Å². The van der Waals surface area contributed by atoms with Crippen molar-refractivity contribution in [1.82, 2.24) is 0 Å². The van der Waals surface area contributed by atoms with Crippen LogP contribution in [0.3, 0.4) is 0 Å². The van der Waals surface area contributed by atoms with Crippen molar-refractivity contribution in [3.63, 3.8) is 0 Å². The maximum Gasteiger partial charge on any atom is 0.0482 e. The molecule has 96 valence electrons. The highest BCUT2D eigenvalue weighted by atomic mass is 16.3. The molecule has 0 radical (unpaired) electrons. The molecule has 0 aliphatic heterocycles. The van der Waals surface area contributed by atoms with E-state index in [2.05, 4.69) is 20.4 Å². The lowest BCUT2D eigenvalue weighted by atomic mass is 9.88. The van der Waals surface area contributed by atoms with Crippen LogP contribution in [0.4, 0.5) is 0 Å². The summed E-state index contributed by atoms with van der Waals surface area (Å²) in [6.45, 7) is 8.33. The SMILES string of the molecule is C=CCCCCCCCCCC(C)(C)CO. The highest BCUT2D eigenvalue weighted by Gasteiger charge is 2.14. The zero-order chi connectivity index (χ0) is 12.3. The van der Waals surface area contributed by atoms with Crippen LogP contribution in [0.1, 0.15) is 71.6 Å². The Bertz CT molecular complexity index is 161. The van der Waals surface area contributed by atoms with E-state index in [0.717, 1.165) is 6.42 Å². The highest BCUT2D eigenvalue weighted by molar-refractivity contribution is 4.67. The molecule has 1 heteroatoms. The molecule has 0 amide bonds. The summed E-state index contributed by atoms with van der Waals surface area (Å²) in [4.78, 5) is 0. The highest BCUT2D eigenvalue weighted by Crippen LogP contribution is 2.23. The number of hydrogen-bond acceptors (Lipinski definition) is 1. The van der Waals surface area contributed by atoms with Gasteiger partial charge in [0.25, 0.3) is 0 Å². The molecule has 0 fully saturated rings. The van der Waals surface area contributed by atoms with Gasteiger partial charge in [-0.25, -0.2) is 0 Å². The molecule has 0 aromatic heterocycles. The van der Waals surface area contributed by atoms with Gasteiger partial charge in [-0.1, -0.05) is 58.4 Å². The summed E-state index contributed by atoms with van der Waals surface area (Å²) in [5.74, 6) is 0. The first-order chi connectivity index (χ1) is 7.62. The Morgan fingerprint density at radius 1 is 0.938 bits per heavy atom. The minimum absolute atomic E-state index is 0.129. The van der Waals surface area contributed by atoms with E-state index >= 15 is 0 Å². The van der Waals surface area contributed by atoms with Crippen molar-refractivity contribution < 1.29 is 5.11 Å². The first kappa shape index (κ1) is 15.7. The fourth-order valence-corrected chi connectivity index (χ4v) is 1.86. The molecule has 1 N–H and O–H groups in total. The van der Waals surface area contributed by atoms with Gasteiger partial charge >= 0.3 is 0 Å². The number of aliphatic hydroxyl groups excluding tert-OH is 1. The summed E-state index contributed by atoms with van der Waals surface area (Å²) >= 11 is 0. The van der Waals surface area contributed by atoms with Crippen LogP contribution >= 0.6 is 0 Å². The molecule has 0 atom stereocenters. The molecule has 0 saturated heterocycles. The van der Waals surface area contributed by atoms with E-state index in [1.54, 1.807) is 0 Å². The molecular weight excluding hydrogens is 196 g/mol. The number of unbranched alkanes of at least 4 members (excludes halogenated alkanes) is 7. The monoisotopic (exact) mass is 226 g/mol. The van der Waals surface area contributed by atoms with Gasteiger partial charge in [-0.2, -0.15) is 0 Å². The topological polar surface area (TPSA) is 20.2 Å². The van der Waals surface area contributed by atoms with Crippen LogP contribution in [0.25, 0.3) is 0 Å². The first-order valence-corrected chi connectivity index (χ1v) is 6.84. The fourth-order valence-electron chi connectivity index (χ4n) is 1.86. The van der Waals surface area contributed by atoms with Gasteiger partial charge in [0.05, 0.1) is 0 Å².